The van der Waals surface area contributed by atoms with Gasteiger partial charge in [0.15, 0.2) is 9.84 Å². The van der Waals surface area contributed by atoms with Crippen molar-refractivity contribution >= 4 is 54.6 Å². The van der Waals surface area contributed by atoms with Gasteiger partial charge in [0, 0.05) is 22.0 Å². The molecular formula is C19H19BrClNO3S2. The van der Waals surface area contributed by atoms with Crippen LogP contribution in [0.4, 0.5) is 0 Å². The Balaban J connectivity index is 2.10. The topological polar surface area (TPSA) is 69.4 Å². The molecule has 4 nitrogen and oxygen atoms in total. The van der Waals surface area contributed by atoms with Crippen LogP contribution in [0.3, 0.4) is 0 Å². The zero-order valence-corrected chi connectivity index (χ0v) is 18.5. The van der Waals surface area contributed by atoms with Crippen molar-refractivity contribution in [3.8, 4) is 0 Å². The molecule has 2 aromatic carbocycles. The summed E-state index contributed by atoms with van der Waals surface area (Å²) in [5.41, 5.74) is 6.01. The predicted molar refractivity (Wildman–Crippen MR) is 115 cm³/mol. The summed E-state index contributed by atoms with van der Waals surface area (Å²) in [5, 5.41) is -0.305. The normalized spacial score (nSPS) is 24.6. The van der Waals surface area contributed by atoms with Crippen LogP contribution in [0.25, 0.3) is 0 Å². The van der Waals surface area contributed by atoms with Crippen molar-refractivity contribution in [2.24, 2.45) is 11.1 Å². The third-order valence-electron chi connectivity index (χ3n) is 4.97. The zero-order chi connectivity index (χ0) is 19.8. The van der Waals surface area contributed by atoms with E-state index in [-0.39, 0.29) is 22.4 Å². The van der Waals surface area contributed by atoms with Crippen LogP contribution in [-0.2, 0) is 14.6 Å². The first-order valence-corrected chi connectivity index (χ1v) is 11.5. The third-order valence-corrected chi connectivity index (χ3v) is 8.42. The van der Waals surface area contributed by atoms with Crippen LogP contribution in [0, 0.1) is 5.41 Å². The largest absolute Gasteiger partial charge is 0.393 e. The summed E-state index contributed by atoms with van der Waals surface area (Å²) in [6.45, 7) is 2.47. The highest BCUT2D eigenvalue weighted by Gasteiger charge is 2.73. The molecule has 2 aromatic rings. The molecule has 0 bridgehead atoms. The van der Waals surface area contributed by atoms with Gasteiger partial charge in [-0.15, -0.1) is 0 Å². The lowest BCUT2D eigenvalue weighted by atomic mass is 10.00. The molecule has 1 saturated carbocycles. The molecule has 0 aromatic heterocycles. The van der Waals surface area contributed by atoms with E-state index in [0.717, 1.165) is 10.0 Å². The van der Waals surface area contributed by atoms with Crippen molar-refractivity contribution in [2.75, 3.05) is 13.2 Å². The Labute approximate surface area is 178 Å². The van der Waals surface area contributed by atoms with Gasteiger partial charge in [0.1, 0.15) is 0 Å². The lowest BCUT2D eigenvalue weighted by molar-refractivity contribution is 0.121. The Kier molecular flexibility index (Phi) is 5.99. The Morgan fingerprint density at radius 3 is 2.33 bits per heavy atom. The van der Waals surface area contributed by atoms with Crippen molar-refractivity contribution in [3.05, 3.63) is 63.6 Å². The van der Waals surface area contributed by atoms with Crippen LogP contribution in [-0.4, -0.2) is 31.9 Å². The first-order chi connectivity index (χ1) is 12.7. The summed E-state index contributed by atoms with van der Waals surface area (Å²) >= 11 is 14.6. The van der Waals surface area contributed by atoms with E-state index in [0.29, 0.717) is 11.6 Å². The average Bonchev–Trinajstić information content (AvgIpc) is 3.32. The van der Waals surface area contributed by atoms with Crippen LogP contribution in [0.5, 0.6) is 0 Å². The molecule has 0 saturated heterocycles. The predicted octanol–water partition coefficient (Wildman–Crippen LogP) is 4.35. The molecule has 1 fully saturated rings. The van der Waals surface area contributed by atoms with Crippen LogP contribution in [0.15, 0.2) is 57.9 Å². The molecular weight excluding hydrogens is 470 g/mol. The molecule has 3 rings (SSSR count). The molecule has 144 valence electrons. The molecule has 0 amide bonds. The van der Waals surface area contributed by atoms with Gasteiger partial charge in [-0.3, -0.25) is 0 Å². The average molecular weight is 489 g/mol. The number of benzene rings is 2. The second-order valence-electron chi connectivity index (χ2n) is 6.49. The van der Waals surface area contributed by atoms with Gasteiger partial charge < -0.3 is 10.5 Å². The van der Waals surface area contributed by atoms with E-state index in [9.17, 15) is 8.42 Å². The Hall–Kier alpha value is -0.990. The Morgan fingerprint density at radius 1 is 1.22 bits per heavy atom. The van der Waals surface area contributed by atoms with Gasteiger partial charge in [0.05, 0.1) is 27.2 Å². The molecule has 0 radical (unpaired) electrons. The fourth-order valence-corrected chi connectivity index (χ4v) is 6.74. The molecule has 27 heavy (non-hydrogen) atoms. The van der Waals surface area contributed by atoms with Crippen LogP contribution in [0.1, 0.15) is 18.4 Å². The summed E-state index contributed by atoms with van der Waals surface area (Å²) in [4.78, 5) is 0.361. The third kappa shape index (κ3) is 3.68. The summed E-state index contributed by atoms with van der Waals surface area (Å²) < 4.78 is 33.4. The lowest BCUT2D eigenvalue weighted by Crippen LogP contribution is -2.33. The van der Waals surface area contributed by atoms with E-state index >= 15 is 0 Å². The highest BCUT2D eigenvalue weighted by atomic mass is 79.9. The second-order valence-corrected chi connectivity index (χ2v) is 10.4. The maximum absolute atomic E-state index is 13.4. The smallest absolute Gasteiger partial charge is 0.182 e. The van der Waals surface area contributed by atoms with E-state index in [4.69, 9.17) is 34.3 Å². The minimum absolute atomic E-state index is 0.159. The second kappa shape index (κ2) is 7.79. The maximum Gasteiger partial charge on any atom is 0.182 e. The number of thiocarbonyl (C=S) groups is 1. The number of hydrogen-bond acceptors (Lipinski definition) is 4. The number of hydrogen-bond donors (Lipinski definition) is 1. The molecule has 3 unspecified atom stereocenters. The van der Waals surface area contributed by atoms with E-state index in [1.165, 1.54) is 12.1 Å². The van der Waals surface area contributed by atoms with E-state index in [2.05, 4.69) is 15.9 Å². The first kappa shape index (κ1) is 20.7. The molecule has 8 heteroatoms. The molecule has 0 heterocycles. The van der Waals surface area contributed by atoms with Gasteiger partial charge in [-0.25, -0.2) is 8.42 Å². The Morgan fingerprint density at radius 2 is 1.81 bits per heavy atom. The maximum atomic E-state index is 13.4. The quantitative estimate of drug-likeness (QED) is 0.587. The van der Waals surface area contributed by atoms with Crippen molar-refractivity contribution in [3.63, 3.8) is 0 Å². The van der Waals surface area contributed by atoms with Crippen molar-refractivity contribution in [1.82, 2.24) is 0 Å². The summed E-state index contributed by atoms with van der Waals surface area (Å²) in [5.74, 6) is -0.365. The van der Waals surface area contributed by atoms with Gasteiger partial charge >= 0.3 is 0 Å². The van der Waals surface area contributed by atoms with Crippen LogP contribution < -0.4 is 5.73 Å². The lowest BCUT2D eigenvalue weighted by Gasteiger charge is -2.17. The molecule has 0 spiro atoms. The first-order valence-electron chi connectivity index (χ1n) is 8.37. The highest BCUT2D eigenvalue weighted by Crippen LogP contribution is 2.64. The number of sulfone groups is 1. The summed E-state index contributed by atoms with van der Waals surface area (Å²) in [6, 6.07) is 13.7. The van der Waals surface area contributed by atoms with E-state index < -0.39 is 20.5 Å². The SMILES string of the molecule is CCOCC1(C(N)=S)C(c2ccc(Br)cc2)C1S(=O)(=O)c1ccc(Cl)cc1. The van der Waals surface area contributed by atoms with Gasteiger partial charge in [-0.05, 0) is 48.9 Å². The summed E-state index contributed by atoms with van der Waals surface area (Å²) in [7, 11) is -3.69. The van der Waals surface area contributed by atoms with Gasteiger partial charge in [-0.1, -0.05) is 51.9 Å². The summed E-state index contributed by atoms with van der Waals surface area (Å²) in [6.07, 6.45) is 0. The standard InChI is InChI=1S/C19H19BrClNO3S2/c1-2-25-11-19(18(22)26)16(12-3-5-13(20)6-4-12)17(19)27(23,24)15-9-7-14(21)8-10-15/h3-10,16-17H,2,11H2,1H3,(H2,22,26). The number of nitrogens with two attached hydrogens (primary N) is 1. The number of rotatable bonds is 7. The van der Waals surface area contributed by atoms with Crippen LogP contribution in [0.2, 0.25) is 5.02 Å². The zero-order valence-electron chi connectivity index (χ0n) is 14.6. The molecule has 2 N–H and O–H groups in total. The molecule has 3 atom stereocenters. The fraction of sp³-hybridized carbons (Fsp3) is 0.316. The van der Waals surface area contributed by atoms with Crippen molar-refractivity contribution < 1.29 is 13.2 Å². The van der Waals surface area contributed by atoms with E-state index in [1.807, 2.05) is 31.2 Å². The van der Waals surface area contributed by atoms with Crippen molar-refractivity contribution in [1.29, 1.82) is 0 Å². The minimum Gasteiger partial charge on any atom is -0.393 e. The molecule has 1 aliphatic carbocycles. The van der Waals surface area contributed by atoms with Gasteiger partial charge in [0.2, 0.25) is 0 Å². The van der Waals surface area contributed by atoms with E-state index in [1.54, 1.807) is 12.1 Å². The monoisotopic (exact) mass is 487 g/mol. The molecule has 0 aliphatic heterocycles. The molecule has 1 aliphatic rings. The van der Waals surface area contributed by atoms with Crippen LogP contribution >= 0.6 is 39.7 Å². The number of halogens is 2. The van der Waals surface area contributed by atoms with Gasteiger partial charge in [-0.2, -0.15) is 0 Å². The fourth-order valence-electron chi connectivity index (χ4n) is 3.58. The Bertz CT molecular complexity index is 948. The van der Waals surface area contributed by atoms with Gasteiger partial charge in [0.25, 0.3) is 0 Å². The minimum atomic E-state index is -3.69. The highest BCUT2D eigenvalue weighted by molar-refractivity contribution is 9.10. The number of ether oxygens (including phenoxy) is 1. The van der Waals surface area contributed by atoms with Crippen molar-refractivity contribution in [2.45, 2.75) is 23.0 Å².